The largest absolute Gasteiger partial charge is 0.478 e. The molecule has 2 aromatic heterocycles. The molecule has 1 saturated heterocycles. The molecule has 3 heterocycles. The summed E-state index contributed by atoms with van der Waals surface area (Å²) in [5.74, 6) is 0.496. The second-order valence-electron chi connectivity index (χ2n) is 10.0. The number of hydrogen-bond acceptors (Lipinski definition) is 6. The summed E-state index contributed by atoms with van der Waals surface area (Å²) in [5.41, 5.74) is 4.87. The van der Waals surface area contributed by atoms with Gasteiger partial charge in [-0.05, 0) is 69.1 Å². The predicted molar refractivity (Wildman–Crippen MR) is 138 cm³/mol. The number of carboxylic acids is 1. The Balaban J connectivity index is 1.14. The van der Waals surface area contributed by atoms with Crippen molar-refractivity contribution < 1.29 is 18.8 Å². The lowest BCUT2D eigenvalue weighted by molar-refractivity contribution is 0.0696. The van der Waals surface area contributed by atoms with Crippen molar-refractivity contribution in [1.82, 2.24) is 10.1 Å². The van der Waals surface area contributed by atoms with E-state index in [4.69, 9.17) is 4.52 Å². The van der Waals surface area contributed by atoms with E-state index in [-0.39, 0.29) is 11.1 Å². The molecule has 2 aromatic carbocycles. The van der Waals surface area contributed by atoms with Gasteiger partial charge in [0.1, 0.15) is 17.0 Å². The fraction of sp³-hybridized carbons (Fsp3) is 0.393. The number of rotatable bonds is 7. The molecule has 186 valence electrons. The van der Waals surface area contributed by atoms with Gasteiger partial charge >= 0.3 is 5.97 Å². The standard InChI is InChI=1S/C28H28FN3O3S/c1-16-4-2-3-5-20(16)24-21(26(35-31-24)18-7-8-18)9-6-17-10-12-32(13-11-17)28-30-25-22(29)14-19(27(33)34)15-23(25)36-28/h2-5,14-15,17-18H,6-13H2,1H3,(H,33,34). The SMILES string of the molecule is Cc1ccccc1-c1noc(C2CC2)c1CCC1CCN(c2nc3c(F)cc(C(=O)O)cc3s2)CC1. The maximum absolute atomic E-state index is 14.4. The maximum Gasteiger partial charge on any atom is 0.335 e. The first kappa shape index (κ1) is 23.2. The van der Waals surface area contributed by atoms with Crippen LogP contribution in [0.5, 0.6) is 0 Å². The molecule has 0 bridgehead atoms. The number of aryl methyl sites for hydroxylation is 1. The Labute approximate surface area is 212 Å². The summed E-state index contributed by atoms with van der Waals surface area (Å²) in [6, 6.07) is 10.9. The van der Waals surface area contributed by atoms with E-state index in [1.807, 2.05) is 0 Å². The van der Waals surface area contributed by atoms with Crippen LogP contribution >= 0.6 is 11.3 Å². The van der Waals surface area contributed by atoms with Crippen molar-refractivity contribution in [2.45, 2.75) is 51.4 Å². The molecule has 6 nitrogen and oxygen atoms in total. The Morgan fingerprint density at radius 2 is 1.97 bits per heavy atom. The zero-order valence-electron chi connectivity index (χ0n) is 20.2. The molecule has 2 aliphatic rings. The molecule has 0 atom stereocenters. The molecule has 0 unspecified atom stereocenters. The van der Waals surface area contributed by atoms with Crippen LogP contribution < -0.4 is 4.90 Å². The molecule has 2 fully saturated rings. The minimum Gasteiger partial charge on any atom is -0.478 e. The Hall–Kier alpha value is -3.26. The zero-order chi connectivity index (χ0) is 24.8. The molecule has 0 amide bonds. The highest BCUT2D eigenvalue weighted by Gasteiger charge is 2.33. The van der Waals surface area contributed by atoms with E-state index >= 15 is 0 Å². The van der Waals surface area contributed by atoms with E-state index in [2.05, 4.69) is 46.2 Å². The van der Waals surface area contributed by atoms with E-state index in [1.54, 1.807) is 0 Å². The third kappa shape index (κ3) is 4.39. The van der Waals surface area contributed by atoms with Gasteiger partial charge in [0, 0.05) is 30.1 Å². The first-order chi connectivity index (χ1) is 17.5. The van der Waals surface area contributed by atoms with E-state index in [9.17, 15) is 14.3 Å². The lowest BCUT2D eigenvalue weighted by Crippen LogP contribution is -2.33. The number of halogens is 1. The maximum atomic E-state index is 14.4. The van der Waals surface area contributed by atoms with Gasteiger partial charge < -0.3 is 14.5 Å². The fourth-order valence-electron chi connectivity index (χ4n) is 5.28. The summed E-state index contributed by atoms with van der Waals surface area (Å²) in [7, 11) is 0. The number of anilines is 1. The molecule has 1 saturated carbocycles. The summed E-state index contributed by atoms with van der Waals surface area (Å²) >= 11 is 1.37. The zero-order valence-corrected chi connectivity index (χ0v) is 21.0. The van der Waals surface area contributed by atoms with E-state index in [0.717, 1.165) is 67.0 Å². The molecule has 1 aliphatic heterocycles. The molecular weight excluding hydrogens is 477 g/mol. The number of benzene rings is 2. The Morgan fingerprint density at radius 1 is 1.19 bits per heavy atom. The van der Waals surface area contributed by atoms with Gasteiger partial charge in [0.25, 0.3) is 0 Å². The summed E-state index contributed by atoms with van der Waals surface area (Å²) in [4.78, 5) is 18.0. The number of aromatic nitrogens is 2. The van der Waals surface area contributed by atoms with Gasteiger partial charge in [-0.3, -0.25) is 0 Å². The number of fused-ring (bicyclic) bond motifs is 1. The van der Waals surface area contributed by atoms with Crippen LogP contribution in [0.2, 0.25) is 0 Å². The van der Waals surface area contributed by atoms with Gasteiger partial charge in [-0.25, -0.2) is 14.2 Å². The summed E-state index contributed by atoms with van der Waals surface area (Å²) < 4.78 is 20.9. The predicted octanol–water partition coefficient (Wildman–Crippen LogP) is 6.82. The van der Waals surface area contributed by atoms with Crippen molar-refractivity contribution >= 4 is 32.7 Å². The van der Waals surface area contributed by atoms with Gasteiger partial charge in [0.15, 0.2) is 10.9 Å². The third-order valence-electron chi connectivity index (χ3n) is 7.54. The molecule has 1 aliphatic carbocycles. The van der Waals surface area contributed by atoms with Crippen LogP contribution in [0.4, 0.5) is 9.52 Å². The van der Waals surface area contributed by atoms with Crippen molar-refractivity contribution in [1.29, 1.82) is 0 Å². The van der Waals surface area contributed by atoms with E-state index < -0.39 is 11.8 Å². The number of carboxylic acid groups (broad SMARTS) is 1. The number of nitrogens with zero attached hydrogens (tertiary/aromatic N) is 3. The van der Waals surface area contributed by atoms with Crippen molar-refractivity contribution in [3.05, 3.63) is 64.7 Å². The molecule has 36 heavy (non-hydrogen) atoms. The number of thiazole rings is 1. The number of hydrogen-bond donors (Lipinski definition) is 1. The highest BCUT2D eigenvalue weighted by Crippen LogP contribution is 2.45. The van der Waals surface area contributed by atoms with E-state index in [0.29, 0.717) is 16.5 Å². The average molecular weight is 506 g/mol. The Morgan fingerprint density at radius 3 is 2.69 bits per heavy atom. The van der Waals surface area contributed by atoms with Crippen molar-refractivity contribution in [3.8, 4) is 11.3 Å². The van der Waals surface area contributed by atoms with Crippen molar-refractivity contribution in [2.24, 2.45) is 5.92 Å². The molecule has 1 N–H and O–H groups in total. The van der Waals surface area contributed by atoms with Crippen LogP contribution in [0.15, 0.2) is 40.9 Å². The Bertz CT molecular complexity index is 1430. The Kier molecular flexibility index (Phi) is 5.99. The van der Waals surface area contributed by atoms with Crippen LogP contribution in [0.25, 0.3) is 21.5 Å². The number of aromatic carboxylic acids is 1. The van der Waals surface area contributed by atoms with E-state index in [1.165, 1.54) is 41.4 Å². The van der Waals surface area contributed by atoms with Crippen LogP contribution in [-0.4, -0.2) is 34.3 Å². The minimum absolute atomic E-state index is 0.0433. The van der Waals surface area contributed by atoms with Gasteiger partial charge in [0.05, 0.1) is 10.3 Å². The molecule has 0 spiro atoms. The van der Waals surface area contributed by atoms with Gasteiger partial charge in [0.2, 0.25) is 0 Å². The first-order valence-corrected chi connectivity index (χ1v) is 13.4. The quantitative estimate of drug-likeness (QED) is 0.297. The normalized spacial score (nSPS) is 16.7. The molecule has 8 heteroatoms. The first-order valence-electron chi connectivity index (χ1n) is 12.6. The monoisotopic (exact) mass is 505 g/mol. The van der Waals surface area contributed by atoms with Crippen LogP contribution in [-0.2, 0) is 6.42 Å². The van der Waals surface area contributed by atoms with Crippen molar-refractivity contribution in [3.63, 3.8) is 0 Å². The second kappa shape index (κ2) is 9.32. The number of piperidine rings is 1. The lowest BCUT2D eigenvalue weighted by atomic mass is 9.89. The smallest absolute Gasteiger partial charge is 0.335 e. The van der Waals surface area contributed by atoms with Crippen LogP contribution in [0.3, 0.4) is 0 Å². The average Bonchev–Trinajstić information content (AvgIpc) is 3.48. The fourth-order valence-corrected chi connectivity index (χ4v) is 6.35. The number of carbonyl (C=O) groups is 1. The van der Waals surface area contributed by atoms with Gasteiger partial charge in [-0.2, -0.15) is 0 Å². The summed E-state index contributed by atoms with van der Waals surface area (Å²) in [6.07, 6.45) is 6.51. The van der Waals surface area contributed by atoms with Gasteiger partial charge in [-0.1, -0.05) is 40.8 Å². The highest BCUT2D eigenvalue weighted by molar-refractivity contribution is 7.22. The third-order valence-corrected chi connectivity index (χ3v) is 8.60. The minimum atomic E-state index is -1.13. The summed E-state index contributed by atoms with van der Waals surface area (Å²) in [6.45, 7) is 3.85. The van der Waals surface area contributed by atoms with Gasteiger partial charge in [-0.15, -0.1) is 0 Å². The second-order valence-corrected chi connectivity index (χ2v) is 11.0. The molecular formula is C28H28FN3O3S. The van der Waals surface area contributed by atoms with Crippen molar-refractivity contribution in [2.75, 3.05) is 18.0 Å². The molecule has 0 radical (unpaired) electrons. The lowest BCUT2D eigenvalue weighted by Gasteiger charge is -2.31. The highest BCUT2D eigenvalue weighted by atomic mass is 32.1. The van der Waals surface area contributed by atoms with Crippen LogP contribution in [0, 0.1) is 18.7 Å². The summed E-state index contributed by atoms with van der Waals surface area (Å²) in [5, 5.41) is 14.5. The topological polar surface area (TPSA) is 79.5 Å². The molecule has 6 rings (SSSR count). The molecule has 4 aromatic rings. The van der Waals surface area contributed by atoms with Crippen LogP contribution in [0.1, 0.15) is 65.3 Å².